The minimum Gasteiger partial charge on any atom is -0.390 e. The van der Waals surface area contributed by atoms with Gasteiger partial charge in [0.2, 0.25) is 0 Å². The van der Waals surface area contributed by atoms with Crippen molar-refractivity contribution in [1.29, 1.82) is 0 Å². The second kappa shape index (κ2) is 6.85. The van der Waals surface area contributed by atoms with Crippen LogP contribution in [0.15, 0.2) is 6.33 Å². The van der Waals surface area contributed by atoms with Gasteiger partial charge < -0.3 is 10.4 Å². The fraction of sp³-hybridized carbons (Fsp3) is 0.846. The fourth-order valence-electron chi connectivity index (χ4n) is 1.87. The summed E-state index contributed by atoms with van der Waals surface area (Å²) < 4.78 is 1.83. The van der Waals surface area contributed by atoms with Gasteiger partial charge in [0.05, 0.1) is 5.60 Å². The number of rotatable bonds is 8. The highest BCUT2D eigenvalue weighted by atomic mass is 16.3. The van der Waals surface area contributed by atoms with Gasteiger partial charge in [-0.2, -0.15) is 5.10 Å². The molecule has 0 bridgehead atoms. The molecule has 5 heteroatoms. The number of aliphatic hydroxyl groups is 1. The van der Waals surface area contributed by atoms with E-state index in [1.54, 1.807) is 6.33 Å². The van der Waals surface area contributed by atoms with Crippen molar-refractivity contribution in [3.63, 3.8) is 0 Å². The van der Waals surface area contributed by atoms with Crippen molar-refractivity contribution in [3.05, 3.63) is 12.2 Å². The minimum atomic E-state index is -0.732. The smallest absolute Gasteiger partial charge is 0.138 e. The largest absolute Gasteiger partial charge is 0.390 e. The first-order chi connectivity index (χ1) is 8.44. The molecular formula is C13H26N4O. The molecule has 0 aliphatic heterocycles. The summed E-state index contributed by atoms with van der Waals surface area (Å²) in [5.41, 5.74) is -0.732. The molecule has 2 N–H and O–H groups in total. The van der Waals surface area contributed by atoms with Crippen molar-refractivity contribution in [2.45, 2.75) is 52.7 Å². The molecule has 0 aliphatic rings. The second-order valence-corrected chi connectivity index (χ2v) is 5.51. The standard InChI is InChI=1S/C13H26N4O/c1-5-17-12(15-10-16-17)8-13(4,18)6-7-14-9-11(2)3/h10-11,14,18H,5-9H2,1-4H3. The normalized spacial score (nSPS) is 15.0. The Labute approximate surface area is 110 Å². The third-order valence-corrected chi connectivity index (χ3v) is 2.93. The summed E-state index contributed by atoms with van der Waals surface area (Å²) in [7, 11) is 0. The number of hydrogen-bond donors (Lipinski definition) is 2. The Balaban J connectivity index is 2.39. The van der Waals surface area contributed by atoms with Crippen molar-refractivity contribution < 1.29 is 5.11 Å². The molecule has 0 aliphatic carbocycles. The average molecular weight is 254 g/mol. The lowest BCUT2D eigenvalue weighted by molar-refractivity contribution is 0.0483. The second-order valence-electron chi connectivity index (χ2n) is 5.51. The Morgan fingerprint density at radius 1 is 1.50 bits per heavy atom. The van der Waals surface area contributed by atoms with Gasteiger partial charge in [-0.15, -0.1) is 0 Å². The molecule has 0 spiro atoms. The average Bonchev–Trinajstić information content (AvgIpc) is 2.70. The Kier molecular flexibility index (Phi) is 5.75. The van der Waals surface area contributed by atoms with Crippen molar-refractivity contribution in [3.8, 4) is 0 Å². The lowest BCUT2D eigenvalue weighted by atomic mass is 9.97. The van der Waals surface area contributed by atoms with Crippen LogP contribution in [-0.4, -0.2) is 38.6 Å². The van der Waals surface area contributed by atoms with Crippen LogP contribution in [0.2, 0.25) is 0 Å². The molecule has 1 heterocycles. The lowest BCUT2D eigenvalue weighted by Gasteiger charge is -2.23. The van der Waals surface area contributed by atoms with Gasteiger partial charge >= 0.3 is 0 Å². The Bertz CT molecular complexity index is 347. The highest BCUT2D eigenvalue weighted by Gasteiger charge is 2.23. The lowest BCUT2D eigenvalue weighted by Crippen LogP contribution is -2.34. The van der Waals surface area contributed by atoms with E-state index in [-0.39, 0.29) is 0 Å². The van der Waals surface area contributed by atoms with Crippen LogP contribution in [0.3, 0.4) is 0 Å². The Morgan fingerprint density at radius 3 is 2.83 bits per heavy atom. The van der Waals surface area contributed by atoms with E-state index >= 15 is 0 Å². The van der Waals surface area contributed by atoms with Gasteiger partial charge in [-0.3, -0.25) is 4.68 Å². The molecule has 1 atom stereocenters. The zero-order chi connectivity index (χ0) is 13.6. The molecule has 1 rings (SSSR count). The van der Waals surface area contributed by atoms with Crippen LogP contribution in [0.1, 0.15) is 39.9 Å². The summed E-state index contributed by atoms with van der Waals surface area (Å²) >= 11 is 0. The zero-order valence-electron chi connectivity index (χ0n) is 12.0. The van der Waals surface area contributed by atoms with Gasteiger partial charge in [-0.1, -0.05) is 13.8 Å². The summed E-state index contributed by atoms with van der Waals surface area (Å²) in [5, 5.41) is 17.8. The van der Waals surface area contributed by atoms with Gasteiger partial charge in [0.1, 0.15) is 12.2 Å². The summed E-state index contributed by atoms with van der Waals surface area (Å²) in [5.74, 6) is 1.49. The van der Waals surface area contributed by atoms with E-state index in [1.165, 1.54) is 0 Å². The first-order valence-electron chi connectivity index (χ1n) is 6.74. The Hall–Kier alpha value is -0.940. The van der Waals surface area contributed by atoms with Crippen LogP contribution in [0.25, 0.3) is 0 Å². The molecule has 18 heavy (non-hydrogen) atoms. The van der Waals surface area contributed by atoms with Crippen LogP contribution in [-0.2, 0) is 13.0 Å². The van der Waals surface area contributed by atoms with Crippen LogP contribution < -0.4 is 5.32 Å². The fourth-order valence-corrected chi connectivity index (χ4v) is 1.87. The molecule has 104 valence electrons. The van der Waals surface area contributed by atoms with Crippen LogP contribution >= 0.6 is 0 Å². The van der Waals surface area contributed by atoms with Gasteiger partial charge in [0.25, 0.3) is 0 Å². The number of aryl methyl sites for hydroxylation is 1. The molecule has 0 saturated carbocycles. The molecule has 0 saturated heterocycles. The molecular weight excluding hydrogens is 228 g/mol. The highest BCUT2D eigenvalue weighted by molar-refractivity contribution is 4.92. The topological polar surface area (TPSA) is 63.0 Å². The maximum Gasteiger partial charge on any atom is 0.138 e. The number of nitrogens with zero attached hydrogens (tertiary/aromatic N) is 3. The van der Waals surface area contributed by atoms with Crippen LogP contribution in [0.4, 0.5) is 0 Å². The van der Waals surface area contributed by atoms with Gasteiger partial charge in [-0.05, 0) is 39.3 Å². The molecule has 0 amide bonds. The van der Waals surface area contributed by atoms with Crippen molar-refractivity contribution in [1.82, 2.24) is 20.1 Å². The predicted octanol–water partition coefficient (Wildman–Crippen LogP) is 1.23. The van der Waals surface area contributed by atoms with E-state index in [4.69, 9.17) is 0 Å². The maximum absolute atomic E-state index is 10.4. The predicted molar refractivity (Wildman–Crippen MR) is 72.3 cm³/mol. The van der Waals surface area contributed by atoms with E-state index in [0.29, 0.717) is 12.3 Å². The van der Waals surface area contributed by atoms with E-state index < -0.39 is 5.60 Å². The van der Waals surface area contributed by atoms with E-state index in [0.717, 1.165) is 31.9 Å². The summed E-state index contributed by atoms with van der Waals surface area (Å²) in [6.07, 6.45) is 2.81. The minimum absolute atomic E-state index is 0.546. The highest BCUT2D eigenvalue weighted by Crippen LogP contribution is 2.14. The monoisotopic (exact) mass is 254 g/mol. The van der Waals surface area contributed by atoms with Gasteiger partial charge in [0, 0.05) is 13.0 Å². The van der Waals surface area contributed by atoms with Crippen LogP contribution in [0.5, 0.6) is 0 Å². The molecule has 1 aromatic heterocycles. The first kappa shape index (κ1) is 15.1. The van der Waals surface area contributed by atoms with Crippen LogP contribution in [0, 0.1) is 5.92 Å². The zero-order valence-corrected chi connectivity index (χ0v) is 12.0. The molecule has 0 radical (unpaired) electrons. The van der Waals surface area contributed by atoms with Gasteiger partial charge in [-0.25, -0.2) is 4.98 Å². The number of nitrogens with one attached hydrogen (secondary N) is 1. The first-order valence-corrected chi connectivity index (χ1v) is 6.74. The third-order valence-electron chi connectivity index (χ3n) is 2.93. The molecule has 1 unspecified atom stereocenters. The molecule has 0 fully saturated rings. The molecule has 0 aromatic carbocycles. The van der Waals surface area contributed by atoms with E-state index in [2.05, 4.69) is 29.2 Å². The number of aromatic nitrogens is 3. The van der Waals surface area contributed by atoms with E-state index in [9.17, 15) is 5.11 Å². The molecule has 1 aromatic rings. The van der Waals surface area contributed by atoms with E-state index in [1.807, 2.05) is 18.5 Å². The summed E-state index contributed by atoms with van der Waals surface area (Å²) in [6, 6.07) is 0. The molecule has 5 nitrogen and oxygen atoms in total. The summed E-state index contributed by atoms with van der Waals surface area (Å²) in [4.78, 5) is 4.20. The maximum atomic E-state index is 10.4. The van der Waals surface area contributed by atoms with Crippen molar-refractivity contribution in [2.75, 3.05) is 13.1 Å². The van der Waals surface area contributed by atoms with Gasteiger partial charge in [0.15, 0.2) is 0 Å². The van der Waals surface area contributed by atoms with Crippen molar-refractivity contribution in [2.24, 2.45) is 5.92 Å². The van der Waals surface area contributed by atoms with Crippen molar-refractivity contribution >= 4 is 0 Å². The Morgan fingerprint density at radius 2 is 2.22 bits per heavy atom. The number of hydrogen-bond acceptors (Lipinski definition) is 4. The quantitative estimate of drug-likeness (QED) is 0.685. The summed E-state index contributed by atoms with van der Waals surface area (Å²) in [6.45, 7) is 10.8. The SMILES string of the molecule is CCn1ncnc1CC(C)(O)CCNCC(C)C. The third kappa shape index (κ3) is 5.14.